The lowest BCUT2D eigenvalue weighted by molar-refractivity contribution is -0.132. The highest BCUT2D eigenvalue weighted by Gasteiger charge is 2.30. The first-order chi connectivity index (χ1) is 11.5. The molecule has 1 aromatic heterocycles. The van der Waals surface area contributed by atoms with Crippen LogP contribution in [0, 0.1) is 6.92 Å². The number of fused-ring (bicyclic) bond motifs is 1. The Hall–Kier alpha value is -2.70. The predicted octanol–water partition coefficient (Wildman–Crippen LogP) is 1.59. The molecule has 1 saturated carbocycles. The Balaban J connectivity index is 2.21. The molecule has 0 saturated heterocycles. The molecule has 1 fully saturated rings. The Bertz CT molecular complexity index is 900. The quantitative estimate of drug-likeness (QED) is 0.794. The molecule has 24 heavy (non-hydrogen) atoms. The number of rotatable bonds is 3. The van der Waals surface area contributed by atoms with Crippen molar-refractivity contribution in [2.75, 3.05) is 14.2 Å². The van der Waals surface area contributed by atoms with Crippen LogP contribution in [0.5, 0.6) is 11.5 Å². The normalized spacial score (nSPS) is 18.0. The molecule has 1 atom stereocenters. The Labute approximate surface area is 138 Å². The third-order valence-electron chi connectivity index (χ3n) is 4.33. The van der Waals surface area contributed by atoms with E-state index in [2.05, 4.69) is 4.98 Å². The van der Waals surface area contributed by atoms with E-state index in [1.807, 2.05) is 0 Å². The summed E-state index contributed by atoms with van der Waals surface area (Å²) in [6.45, 7) is 1.68. The van der Waals surface area contributed by atoms with Crippen LogP contribution in [0.15, 0.2) is 16.9 Å². The summed E-state index contributed by atoms with van der Waals surface area (Å²) < 4.78 is 11.9. The van der Waals surface area contributed by atoms with Gasteiger partial charge < -0.3 is 9.47 Å². The van der Waals surface area contributed by atoms with E-state index in [1.54, 1.807) is 19.1 Å². The van der Waals surface area contributed by atoms with Gasteiger partial charge in [-0.2, -0.15) is 0 Å². The Morgan fingerprint density at radius 1 is 1.12 bits per heavy atom. The highest BCUT2D eigenvalue weighted by atomic mass is 16.5. The summed E-state index contributed by atoms with van der Waals surface area (Å²) >= 11 is 0. The fourth-order valence-electron chi connectivity index (χ4n) is 3.14. The molecule has 1 aromatic carbocycles. The molecule has 0 aliphatic heterocycles. The molecular weight excluding hydrogens is 312 g/mol. The molecule has 0 N–H and O–H groups in total. The van der Waals surface area contributed by atoms with Gasteiger partial charge in [-0.3, -0.25) is 19.0 Å². The molecule has 1 unspecified atom stereocenters. The van der Waals surface area contributed by atoms with Crippen molar-refractivity contribution >= 4 is 22.5 Å². The highest BCUT2D eigenvalue weighted by molar-refractivity contribution is 6.03. The van der Waals surface area contributed by atoms with Crippen molar-refractivity contribution in [3.05, 3.63) is 28.3 Å². The summed E-state index contributed by atoms with van der Waals surface area (Å²) in [5.41, 5.74) is 0.164. The molecule has 7 heteroatoms. The van der Waals surface area contributed by atoms with Crippen LogP contribution in [0.3, 0.4) is 0 Å². The molecular formula is C17H18N2O5. The van der Waals surface area contributed by atoms with Gasteiger partial charge in [0.05, 0.1) is 37.6 Å². The second-order valence-corrected chi connectivity index (χ2v) is 5.79. The SMILES string of the molecule is COc1cc2nc(C)n(C3CCC(=O)CC3=O)c(=O)c2cc1OC. The van der Waals surface area contributed by atoms with Gasteiger partial charge in [-0.25, -0.2) is 4.98 Å². The number of carbonyl (C=O) groups is 2. The van der Waals surface area contributed by atoms with Crippen molar-refractivity contribution in [1.29, 1.82) is 0 Å². The number of ketones is 2. The molecule has 1 aliphatic rings. The Morgan fingerprint density at radius 2 is 1.79 bits per heavy atom. The van der Waals surface area contributed by atoms with Crippen molar-refractivity contribution in [1.82, 2.24) is 9.55 Å². The standard InChI is InChI=1S/C17H18N2O5/c1-9-18-12-8-16(24-3)15(23-2)7-11(12)17(22)19(9)13-5-4-10(20)6-14(13)21/h7-8,13H,4-6H2,1-3H3. The number of ether oxygens (including phenoxy) is 2. The van der Waals surface area contributed by atoms with E-state index in [4.69, 9.17) is 9.47 Å². The van der Waals surface area contributed by atoms with Gasteiger partial charge in [0.25, 0.3) is 5.56 Å². The fraction of sp³-hybridized carbons (Fsp3) is 0.412. The Morgan fingerprint density at radius 3 is 2.42 bits per heavy atom. The minimum Gasteiger partial charge on any atom is -0.493 e. The largest absolute Gasteiger partial charge is 0.493 e. The number of nitrogens with zero attached hydrogens (tertiary/aromatic N) is 2. The molecule has 3 rings (SSSR count). The van der Waals surface area contributed by atoms with Crippen molar-refractivity contribution in [3.63, 3.8) is 0 Å². The number of Topliss-reactive ketones (excluding diaryl/α,β-unsaturated/α-hetero) is 2. The summed E-state index contributed by atoms with van der Waals surface area (Å²) in [5, 5.41) is 0.350. The third-order valence-corrected chi connectivity index (χ3v) is 4.33. The first-order valence-electron chi connectivity index (χ1n) is 7.65. The van der Waals surface area contributed by atoms with E-state index >= 15 is 0 Å². The number of aromatic nitrogens is 2. The van der Waals surface area contributed by atoms with Gasteiger partial charge in [0.15, 0.2) is 17.3 Å². The van der Waals surface area contributed by atoms with Crippen molar-refractivity contribution in [3.8, 4) is 11.5 Å². The minimum atomic E-state index is -0.639. The lowest BCUT2D eigenvalue weighted by Gasteiger charge is -2.24. The number of aryl methyl sites for hydroxylation is 1. The number of methoxy groups -OCH3 is 2. The number of hydrogen-bond acceptors (Lipinski definition) is 6. The average Bonchev–Trinajstić information content (AvgIpc) is 2.55. The van der Waals surface area contributed by atoms with Crippen molar-refractivity contribution in [2.24, 2.45) is 0 Å². The molecule has 1 aliphatic carbocycles. The van der Waals surface area contributed by atoms with E-state index < -0.39 is 6.04 Å². The van der Waals surface area contributed by atoms with E-state index in [9.17, 15) is 14.4 Å². The van der Waals surface area contributed by atoms with Gasteiger partial charge in [0.1, 0.15) is 11.6 Å². The number of carbonyl (C=O) groups excluding carboxylic acids is 2. The summed E-state index contributed by atoms with van der Waals surface area (Å²) in [5.74, 6) is 1.02. The number of benzene rings is 1. The lowest BCUT2D eigenvalue weighted by Crippen LogP contribution is -2.36. The van der Waals surface area contributed by atoms with Gasteiger partial charge in [-0.05, 0) is 19.4 Å². The highest BCUT2D eigenvalue weighted by Crippen LogP contribution is 2.31. The lowest BCUT2D eigenvalue weighted by atomic mass is 9.92. The zero-order chi connectivity index (χ0) is 17.4. The van der Waals surface area contributed by atoms with Crippen LogP contribution in [0.25, 0.3) is 10.9 Å². The van der Waals surface area contributed by atoms with E-state index in [0.717, 1.165) is 0 Å². The Kier molecular flexibility index (Phi) is 4.09. The maximum absolute atomic E-state index is 12.9. The van der Waals surface area contributed by atoms with E-state index in [0.29, 0.717) is 41.1 Å². The van der Waals surface area contributed by atoms with Gasteiger partial charge in [-0.15, -0.1) is 0 Å². The minimum absolute atomic E-state index is 0.0814. The molecule has 0 spiro atoms. The first kappa shape index (κ1) is 16.2. The molecule has 126 valence electrons. The third kappa shape index (κ3) is 2.55. The maximum atomic E-state index is 12.9. The van der Waals surface area contributed by atoms with Crippen LogP contribution in [0.4, 0.5) is 0 Å². The van der Waals surface area contributed by atoms with Crippen LogP contribution in [-0.4, -0.2) is 35.3 Å². The number of hydrogen-bond donors (Lipinski definition) is 0. The van der Waals surface area contributed by atoms with Gasteiger partial charge >= 0.3 is 0 Å². The summed E-state index contributed by atoms with van der Waals surface area (Å²) in [7, 11) is 3.00. The van der Waals surface area contributed by atoms with Crippen LogP contribution in [0.1, 0.15) is 31.1 Å². The van der Waals surface area contributed by atoms with Crippen LogP contribution >= 0.6 is 0 Å². The summed E-state index contributed by atoms with van der Waals surface area (Å²) in [4.78, 5) is 41.0. The van der Waals surface area contributed by atoms with Crippen LogP contribution in [-0.2, 0) is 9.59 Å². The van der Waals surface area contributed by atoms with Gasteiger partial charge in [0, 0.05) is 12.5 Å². The second-order valence-electron chi connectivity index (χ2n) is 5.79. The maximum Gasteiger partial charge on any atom is 0.262 e. The molecule has 0 amide bonds. The van der Waals surface area contributed by atoms with Crippen LogP contribution in [0.2, 0.25) is 0 Å². The summed E-state index contributed by atoms with van der Waals surface area (Å²) in [6.07, 6.45) is 0.506. The monoisotopic (exact) mass is 330 g/mol. The van der Waals surface area contributed by atoms with Crippen LogP contribution < -0.4 is 15.0 Å². The van der Waals surface area contributed by atoms with E-state index in [-0.39, 0.29) is 23.5 Å². The zero-order valence-electron chi connectivity index (χ0n) is 13.8. The first-order valence-corrected chi connectivity index (χ1v) is 7.65. The molecule has 0 bridgehead atoms. The van der Waals surface area contributed by atoms with Gasteiger partial charge in [-0.1, -0.05) is 0 Å². The molecule has 2 aromatic rings. The molecule has 7 nitrogen and oxygen atoms in total. The van der Waals surface area contributed by atoms with Crippen molar-refractivity contribution in [2.45, 2.75) is 32.2 Å². The molecule has 0 radical (unpaired) electrons. The van der Waals surface area contributed by atoms with Crippen molar-refractivity contribution < 1.29 is 19.1 Å². The second kappa shape index (κ2) is 6.07. The fourth-order valence-corrected chi connectivity index (χ4v) is 3.14. The topological polar surface area (TPSA) is 87.5 Å². The molecule has 1 heterocycles. The smallest absolute Gasteiger partial charge is 0.262 e. The van der Waals surface area contributed by atoms with Gasteiger partial charge in [0.2, 0.25) is 0 Å². The zero-order valence-corrected chi connectivity index (χ0v) is 13.8. The predicted molar refractivity (Wildman–Crippen MR) is 86.7 cm³/mol. The van der Waals surface area contributed by atoms with E-state index in [1.165, 1.54) is 18.8 Å². The average molecular weight is 330 g/mol. The summed E-state index contributed by atoms with van der Waals surface area (Å²) in [6, 6.07) is 2.57.